The normalized spacial score (nSPS) is 18.5. The Hall–Kier alpha value is -0.0200. The molecule has 0 aliphatic carbocycles. The first-order valence-corrected chi connectivity index (χ1v) is 5.27. The average Bonchev–Trinajstić information content (AvgIpc) is 2.16. The number of aliphatic hydroxyl groups excluding tert-OH is 2. The highest BCUT2D eigenvalue weighted by Crippen LogP contribution is 2.30. The smallest absolute Gasteiger partial charge is 0.193 e. The lowest BCUT2D eigenvalue weighted by Crippen LogP contribution is -2.39. The minimum atomic E-state index is -1.68. The van der Waals surface area contributed by atoms with E-state index >= 15 is 0 Å². The molecule has 0 saturated heterocycles. The van der Waals surface area contributed by atoms with E-state index in [0.29, 0.717) is 6.42 Å². The van der Waals surface area contributed by atoms with E-state index in [9.17, 15) is 9.67 Å². The fourth-order valence-corrected chi connectivity index (χ4v) is 1.51. The van der Waals surface area contributed by atoms with E-state index in [1.54, 1.807) is 0 Å². The molecule has 4 nitrogen and oxygen atoms in total. The summed E-state index contributed by atoms with van der Waals surface area (Å²) in [5.41, 5.74) is 0. The predicted molar refractivity (Wildman–Crippen MR) is 49.8 cm³/mol. The largest absolute Gasteiger partial charge is 0.394 e. The summed E-state index contributed by atoms with van der Waals surface area (Å²) in [6.45, 7) is 1.44. The molecule has 0 saturated carbocycles. The Bertz CT molecular complexity index is 153. The zero-order chi connectivity index (χ0) is 10.3. The summed E-state index contributed by atoms with van der Waals surface area (Å²) >= 11 is 0. The van der Waals surface area contributed by atoms with Gasteiger partial charge in [-0.05, 0) is 12.8 Å². The van der Waals surface area contributed by atoms with Crippen molar-refractivity contribution in [3.63, 3.8) is 0 Å². The minimum absolute atomic E-state index is 0.244. The van der Waals surface area contributed by atoms with E-state index in [-0.39, 0.29) is 6.42 Å². The molecule has 2 unspecified atom stereocenters. The molecular formula is C8H17O4P. The maximum atomic E-state index is 10.6. The number of unbranched alkanes of at least 4 members (excludes halogenated alkanes) is 2. The summed E-state index contributed by atoms with van der Waals surface area (Å²) < 4.78 is 10.6. The fourth-order valence-electron chi connectivity index (χ4n) is 1.05. The second-order valence-corrected chi connectivity index (χ2v) is 4.08. The lowest BCUT2D eigenvalue weighted by atomic mass is 10.1. The first-order valence-electron chi connectivity index (χ1n) is 4.46. The van der Waals surface area contributed by atoms with Gasteiger partial charge in [-0.15, -0.1) is 0 Å². The summed E-state index contributed by atoms with van der Waals surface area (Å²) in [5.74, 6) is 0. The molecule has 0 aromatic carbocycles. The molecule has 0 aliphatic rings. The molecule has 0 bridgehead atoms. The molecule has 0 radical (unpaired) electrons. The van der Waals surface area contributed by atoms with Crippen LogP contribution in [0, 0.1) is 0 Å². The summed E-state index contributed by atoms with van der Waals surface area (Å²) in [5, 5.41) is 25.7. The average molecular weight is 208 g/mol. The molecule has 3 N–H and O–H groups in total. The van der Waals surface area contributed by atoms with Gasteiger partial charge in [0.1, 0.15) is 6.10 Å². The molecular weight excluding hydrogens is 191 g/mol. The van der Waals surface area contributed by atoms with Crippen LogP contribution in [0.25, 0.3) is 0 Å². The number of hydrogen-bond acceptors (Lipinski definition) is 4. The molecule has 0 fully saturated rings. The van der Waals surface area contributed by atoms with E-state index < -0.39 is 26.5 Å². The lowest BCUT2D eigenvalue weighted by molar-refractivity contribution is -0.0444. The summed E-state index contributed by atoms with van der Waals surface area (Å²) in [6, 6.07) is 0. The highest BCUT2D eigenvalue weighted by Gasteiger charge is 2.35. The van der Waals surface area contributed by atoms with E-state index in [2.05, 4.69) is 0 Å². The van der Waals surface area contributed by atoms with E-state index in [0.717, 1.165) is 12.8 Å². The van der Waals surface area contributed by atoms with Crippen molar-refractivity contribution in [2.45, 2.75) is 44.1 Å². The molecule has 0 aromatic rings. The summed E-state index contributed by atoms with van der Waals surface area (Å²) in [6.07, 6.45) is 1.51. The second kappa shape index (κ2) is 6.44. The standard InChI is InChI=1S/C8H17O4P/c1-2-3-4-5-8(11,13-12)7(10)6-9/h7,9-11H,2-6H2,1H3. The Morgan fingerprint density at radius 3 is 2.46 bits per heavy atom. The monoisotopic (exact) mass is 208 g/mol. The van der Waals surface area contributed by atoms with Crippen LogP contribution in [0.4, 0.5) is 0 Å². The molecule has 5 heteroatoms. The Morgan fingerprint density at radius 1 is 1.46 bits per heavy atom. The second-order valence-electron chi connectivity index (χ2n) is 3.13. The molecule has 2 atom stereocenters. The van der Waals surface area contributed by atoms with Crippen LogP contribution in [0.3, 0.4) is 0 Å². The minimum Gasteiger partial charge on any atom is -0.394 e. The van der Waals surface area contributed by atoms with Gasteiger partial charge in [-0.25, -0.2) is 0 Å². The fraction of sp³-hybridized carbons (Fsp3) is 1.00. The van der Waals surface area contributed by atoms with Gasteiger partial charge >= 0.3 is 0 Å². The van der Waals surface area contributed by atoms with E-state index in [1.807, 2.05) is 6.92 Å². The highest BCUT2D eigenvalue weighted by molar-refractivity contribution is 7.25. The van der Waals surface area contributed by atoms with Crippen molar-refractivity contribution in [3.05, 3.63) is 0 Å². The van der Waals surface area contributed by atoms with Crippen molar-refractivity contribution in [1.82, 2.24) is 0 Å². The number of rotatable bonds is 7. The van der Waals surface area contributed by atoms with Crippen LogP contribution in [0.2, 0.25) is 0 Å². The van der Waals surface area contributed by atoms with Crippen molar-refractivity contribution in [2.24, 2.45) is 0 Å². The van der Waals surface area contributed by atoms with Crippen LogP contribution in [-0.2, 0) is 4.57 Å². The third kappa shape index (κ3) is 4.14. The van der Waals surface area contributed by atoms with Gasteiger partial charge in [-0.1, -0.05) is 19.8 Å². The van der Waals surface area contributed by atoms with Crippen LogP contribution in [-0.4, -0.2) is 33.4 Å². The highest BCUT2D eigenvalue weighted by atomic mass is 31.1. The Balaban J connectivity index is 4.03. The van der Waals surface area contributed by atoms with Crippen LogP contribution in [0.15, 0.2) is 0 Å². The molecule has 78 valence electrons. The maximum Gasteiger partial charge on any atom is 0.193 e. The van der Waals surface area contributed by atoms with Gasteiger partial charge in [0, 0.05) is 0 Å². The maximum absolute atomic E-state index is 10.6. The van der Waals surface area contributed by atoms with Gasteiger partial charge in [0.05, 0.1) is 6.61 Å². The van der Waals surface area contributed by atoms with Crippen molar-refractivity contribution >= 4 is 8.46 Å². The molecule has 13 heavy (non-hydrogen) atoms. The molecule has 0 heterocycles. The molecule has 0 amide bonds. The van der Waals surface area contributed by atoms with E-state index in [1.165, 1.54) is 0 Å². The number of aliphatic hydroxyl groups is 3. The zero-order valence-corrected chi connectivity index (χ0v) is 8.70. The van der Waals surface area contributed by atoms with Gasteiger partial charge in [-0.3, -0.25) is 4.57 Å². The molecule has 0 aliphatic heterocycles. The van der Waals surface area contributed by atoms with Crippen LogP contribution in [0.1, 0.15) is 32.6 Å². The first-order chi connectivity index (χ1) is 6.10. The van der Waals surface area contributed by atoms with Gasteiger partial charge in [0.15, 0.2) is 13.8 Å². The first kappa shape index (κ1) is 13.0. The van der Waals surface area contributed by atoms with Crippen molar-refractivity contribution < 1.29 is 19.9 Å². The molecule has 0 aromatic heterocycles. The van der Waals surface area contributed by atoms with Gasteiger partial charge in [0.2, 0.25) is 0 Å². The van der Waals surface area contributed by atoms with Gasteiger partial charge in [-0.2, -0.15) is 0 Å². The zero-order valence-electron chi connectivity index (χ0n) is 7.81. The van der Waals surface area contributed by atoms with Crippen molar-refractivity contribution in [1.29, 1.82) is 0 Å². The summed E-state index contributed by atoms with van der Waals surface area (Å²) in [4.78, 5) is 0. The van der Waals surface area contributed by atoms with Crippen LogP contribution >= 0.6 is 8.46 Å². The molecule has 0 spiro atoms. The SMILES string of the molecule is CCCCCC(O)(P=O)C(O)CO. The Kier molecular flexibility index (Phi) is 6.43. The van der Waals surface area contributed by atoms with Gasteiger partial charge < -0.3 is 15.3 Å². The summed E-state index contributed by atoms with van der Waals surface area (Å²) in [7, 11) is -0.527. The number of hydrogen-bond donors (Lipinski definition) is 3. The topological polar surface area (TPSA) is 77.8 Å². The predicted octanol–water partition coefficient (Wildman–Crippen LogP) is 0.900. The third-order valence-electron chi connectivity index (χ3n) is 2.01. The van der Waals surface area contributed by atoms with Crippen LogP contribution < -0.4 is 0 Å². The lowest BCUT2D eigenvalue weighted by Gasteiger charge is -2.24. The third-order valence-corrected chi connectivity index (χ3v) is 2.85. The van der Waals surface area contributed by atoms with Crippen molar-refractivity contribution in [3.8, 4) is 0 Å². The Morgan fingerprint density at radius 2 is 2.08 bits per heavy atom. The van der Waals surface area contributed by atoms with Gasteiger partial charge in [0.25, 0.3) is 0 Å². The van der Waals surface area contributed by atoms with Crippen molar-refractivity contribution in [2.75, 3.05) is 6.61 Å². The van der Waals surface area contributed by atoms with E-state index in [4.69, 9.17) is 10.2 Å². The Labute approximate surface area is 79.8 Å². The van der Waals surface area contributed by atoms with Crippen LogP contribution in [0.5, 0.6) is 0 Å². The quantitative estimate of drug-likeness (QED) is 0.429. The molecule has 0 rings (SSSR count).